The number of hydrogen-bond donors (Lipinski definition) is 1. The highest BCUT2D eigenvalue weighted by Crippen LogP contribution is 2.41. The lowest BCUT2D eigenvalue weighted by molar-refractivity contribution is -0.139. The van der Waals surface area contributed by atoms with E-state index in [-0.39, 0.29) is 29.6 Å². The molecule has 134 valence electrons. The van der Waals surface area contributed by atoms with Crippen LogP contribution < -0.4 is 5.32 Å². The molecule has 1 saturated heterocycles. The third kappa shape index (κ3) is 4.00. The molecule has 0 radical (unpaired) electrons. The monoisotopic (exact) mass is 343 g/mol. The summed E-state index contributed by atoms with van der Waals surface area (Å²) in [5, 5.41) is 2.90. The summed E-state index contributed by atoms with van der Waals surface area (Å²) in [7, 11) is 0. The number of carbonyl (C=O) groups excluding carboxylic acids is 3. The molecule has 3 amide bonds. The number of rotatable bonds is 4. The number of aryl methyl sites for hydroxylation is 1. The molecule has 6 heteroatoms. The number of amides is 3. The Morgan fingerprint density at radius 1 is 1.00 bits per heavy atom. The van der Waals surface area contributed by atoms with Crippen molar-refractivity contribution in [3.05, 3.63) is 29.8 Å². The molecule has 1 N–H and O–H groups in total. The third-order valence-corrected chi connectivity index (χ3v) is 5.11. The van der Waals surface area contributed by atoms with E-state index in [1.165, 1.54) is 5.56 Å². The van der Waals surface area contributed by atoms with Crippen molar-refractivity contribution in [2.45, 2.75) is 26.7 Å². The fraction of sp³-hybridized carbons (Fsp3) is 0.526. The quantitative estimate of drug-likeness (QED) is 0.901. The summed E-state index contributed by atoms with van der Waals surface area (Å²) in [6.45, 7) is 5.91. The highest BCUT2D eigenvalue weighted by molar-refractivity contribution is 5.99. The second-order valence-corrected chi connectivity index (χ2v) is 6.82. The van der Waals surface area contributed by atoms with Crippen LogP contribution in [0.5, 0.6) is 0 Å². The van der Waals surface area contributed by atoms with Crippen molar-refractivity contribution in [3.63, 3.8) is 0 Å². The molecular formula is C19H25N3O3. The van der Waals surface area contributed by atoms with Crippen molar-refractivity contribution in [2.24, 2.45) is 11.8 Å². The van der Waals surface area contributed by atoms with E-state index in [0.29, 0.717) is 32.6 Å². The lowest BCUT2D eigenvalue weighted by Crippen LogP contribution is -2.50. The SMILES string of the molecule is CCc1ccc(NC(=O)C2CC2C(=O)N2CCN(C(C)=O)CC2)cc1. The zero-order valence-electron chi connectivity index (χ0n) is 14.8. The summed E-state index contributed by atoms with van der Waals surface area (Å²) in [5.41, 5.74) is 2.00. The van der Waals surface area contributed by atoms with Gasteiger partial charge in [-0.1, -0.05) is 19.1 Å². The molecule has 2 unspecified atom stereocenters. The summed E-state index contributed by atoms with van der Waals surface area (Å²) in [4.78, 5) is 39.7. The molecule has 0 spiro atoms. The number of nitrogens with one attached hydrogen (secondary N) is 1. The van der Waals surface area contributed by atoms with Gasteiger partial charge in [0.25, 0.3) is 0 Å². The molecule has 2 fully saturated rings. The minimum absolute atomic E-state index is 0.0460. The van der Waals surface area contributed by atoms with Crippen LogP contribution in [0.3, 0.4) is 0 Å². The summed E-state index contributed by atoms with van der Waals surface area (Å²) >= 11 is 0. The van der Waals surface area contributed by atoms with Gasteiger partial charge >= 0.3 is 0 Å². The standard InChI is InChI=1S/C19H25N3O3/c1-3-14-4-6-15(7-5-14)20-18(24)16-12-17(16)19(25)22-10-8-21(9-11-22)13(2)23/h4-7,16-17H,3,8-12H2,1-2H3,(H,20,24). The molecule has 0 aromatic heterocycles. The van der Waals surface area contributed by atoms with Gasteiger partial charge in [0.1, 0.15) is 0 Å². The van der Waals surface area contributed by atoms with Crippen LogP contribution in [-0.4, -0.2) is 53.7 Å². The Labute approximate surface area is 148 Å². The molecule has 1 aliphatic carbocycles. The zero-order chi connectivity index (χ0) is 18.0. The van der Waals surface area contributed by atoms with Gasteiger partial charge in [0.15, 0.2) is 0 Å². The van der Waals surface area contributed by atoms with Crippen LogP contribution in [0.25, 0.3) is 0 Å². The van der Waals surface area contributed by atoms with Crippen LogP contribution in [0.2, 0.25) is 0 Å². The van der Waals surface area contributed by atoms with E-state index >= 15 is 0 Å². The van der Waals surface area contributed by atoms with Gasteiger partial charge in [0, 0.05) is 38.8 Å². The summed E-state index contributed by atoms with van der Waals surface area (Å²) < 4.78 is 0. The molecule has 1 aromatic rings. The molecule has 2 aliphatic rings. The first kappa shape index (κ1) is 17.5. The van der Waals surface area contributed by atoms with Gasteiger partial charge in [-0.2, -0.15) is 0 Å². The molecule has 1 aliphatic heterocycles. The van der Waals surface area contributed by atoms with Gasteiger partial charge in [0.2, 0.25) is 17.7 Å². The number of piperazine rings is 1. The maximum absolute atomic E-state index is 12.5. The maximum Gasteiger partial charge on any atom is 0.228 e. The van der Waals surface area contributed by atoms with Crippen LogP contribution in [-0.2, 0) is 20.8 Å². The fourth-order valence-corrected chi connectivity index (χ4v) is 3.29. The molecule has 25 heavy (non-hydrogen) atoms. The minimum Gasteiger partial charge on any atom is -0.339 e. The predicted octanol–water partition coefficient (Wildman–Crippen LogP) is 1.51. The zero-order valence-corrected chi connectivity index (χ0v) is 14.8. The molecule has 0 bridgehead atoms. The van der Waals surface area contributed by atoms with Gasteiger partial charge < -0.3 is 15.1 Å². The van der Waals surface area contributed by atoms with Crippen molar-refractivity contribution in [1.29, 1.82) is 0 Å². The van der Waals surface area contributed by atoms with Gasteiger partial charge in [-0.25, -0.2) is 0 Å². The van der Waals surface area contributed by atoms with Crippen molar-refractivity contribution in [2.75, 3.05) is 31.5 Å². The molecular weight excluding hydrogens is 318 g/mol. The highest BCUT2D eigenvalue weighted by Gasteiger charge is 2.49. The highest BCUT2D eigenvalue weighted by atomic mass is 16.2. The van der Waals surface area contributed by atoms with E-state index in [1.54, 1.807) is 16.7 Å². The average Bonchev–Trinajstić information content (AvgIpc) is 3.42. The van der Waals surface area contributed by atoms with Gasteiger partial charge in [-0.05, 0) is 30.5 Å². The molecule has 1 saturated carbocycles. The Kier molecular flexibility index (Phi) is 5.06. The first-order valence-corrected chi connectivity index (χ1v) is 8.93. The molecule has 1 heterocycles. The lowest BCUT2D eigenvalue weighted by atomic mass is 10.1. The van der Waals surface area contributed by atoms with E-state index < -0.39 is 0 Å². The van der Waals surface area contributed by atoms with Crippen molar-refractivity contribution >= 4 is 23.4 Å². The largest absolute Gasteiger partial charge is 0.339 e. The Bertz CT molecular complexity index is 663. The van der Waals surface area contributed by atoms with Crippen molar-refractivity contribution in [1.82, 2.24) is 9.80 Å². The van der Waals surface area contributed by atoms with E-state index in [1.807, 2.05) is 24.3 Å². The Morgan fingerprint density at radius 3 is 2.16 bits per heavy atom. The lowest BCUT2D eigenvalue weighted by Gasteiger charge is -2.34. The average molecular weight is 343 g/mol. The summed E-state index contributed by atoms with van der Waals surface area (Å²) in [6, 6.07) is 7.80. The Hall–Kier alpha value is -2.37. The number of anilines is 1. The molecule has 3 rings (SSSR count). The maximum atomic E-state index is 12.5. The number of carbonyl (C=O) groups is 3. The first-order chi connectivity index (χ1) is 12.0. The Balaban J connectivity index is 1.49. The second-order valence-electron chi connectivity index (χ2n) is 6.82. The molecule has 6 nitrogen and oxygen atoms in total. The van der Waals surface area contributed by atoms with E-state index in [4.69, 9.17) is 0 Å². The van der Waals surface area contributed by atoms with Crippen molar-refractivity contribution < 1.29 is 14.4 Å². The Morgan fingerprint density at radius 2 is 1.60 bits per heavy atom. The van der Waals surface area contributed by atoms with Crippen LogP contribution in [0.4, 0.5) is 5.69 Å². The minimum atomic E-state index is -0.232. The van der Waals surface area contributed by atoms with Gasteiger partial charge in [-0.3, -0.25) is 14.4 Å². The van der Waals surface area contributed by atoms with E-state index in [9.17, 15) is 14.4 Å². The van der Waals surface area contributed by atoms with Gasteiger partial charge in [0.05, 0.1) is 11.8 Å². The third-order valence-electron chi connectivity index (χ3n) is 5.11. The van der Waals surface area contributed by atoms with Crippen molar-refractivity contribution in [3.8, 4) is 0 Å². The fourth-order valence-electron chi connectivity index (χ4n) is 3.29. The topological polar surface area (TPSA) is 69.7 Å². The van der Waals surface area contributed by atoms with Crippen LogP contribution >= 0.6 is 0 Å². The molecule has 2 atom stereocenters. The van der Waals surface area contributed by atoms with E-state index in [2.05, 4.69) is 12.2 Å². The van der Waals surface area contributed by atoms with Crippen LogP contribution in [0, 0.1) is 11.8 Å². The van der Waals surface area contributed by atoms with Crippen LogP contribution in [0.15, 0.2) is 24.3 Å². The number of hydrogen-bond acceptors (Lipinski definition) is 3. The summed E-state index contributed by atoms with van der Waals surface area (Å²) in [6.07, 6.45) is 1.58. The number of nitrogens with zero attached hydrogens (tertiary/aromatic N) is 2. The normalized spacial score (nSPS) is 22.5. The van der Waals surface area contributed by atoms with Gasteiger partial charge in [-0.15, -0.1) is 0 Å². The number of benzene rings is 1. The first-order valence-electron chi connectivity index (χ1n) is 8.93. The second kappa shape index (κ2) is 7.25. The smallest absolute Gasteiger partial charge is 0.228 e. The predicted molar refractivity (Wildman–Crippen MR) is 94.9 cm³/mol. The molecule has 1 aromatic carbocycles. The summed E-state index contributed by atoms with van der Waals surface area (Å²) in [5.74, 6) is -0.428. The van der Waals surface area contributed by atoms with Crippen LogP contribution in [0.1, 0.15) is 25.8 Å². The van der Waals surface area contributed by atoms with E-state index in [0.717, 1.165) is 12.1 Å².